The first-order valence-electron chi connectivity index (χ1n) is 4.15. The van der Waals surface area contributed by atoms with Crippen LogP contribution in [0.4, 0.5) is 17.6 Å². The smallest absolute Gasteiger partial charge is 0.288 e. The minimum atomic E-state index is -4.44. The molecular weight excluding hydrogens is 220 g/mol. The Morgan fingerprint density at radius 3 is 2.43 bits per heavy atom. The highest BCUT2D eigenvalue weighted by Crippen LogP contribution is 2.25. The van der Waals surface area contributed by atoms with Crippen LogP contribution in [0.3, 0.4) is 0 Å². The minimum absolute atomic E-state index is 0.101. The van der Waals surface area contributed by atoms with Crippen LogP contribution in [0.5, 0.6) is 0 Å². The van der Waals surface area contributed by atoms with Gasteiger partial charge in [0.1, 0.15) is 6.17 Å². The van der Waals surface area contributed by atoms with Gasteiger partial charge in [-0.25, -0.2) is 4.39 Å². The number of halogens is 4. The highest BCUT2D eigenvalue weighted by molar-refractivity contribution is 8.13. The molecule has 6 heteroatoms. The van der Waals surface area contributed by atoms with E-state index in [1.54, 1.807) is 0 Å². The Labute approximate surface area is 84.2 Å². The molecule has 0 spiro atoms. The first-order chi connectivity index (χ1) is 6.31. The van der Waals surface area contributed by atoms with Crippen molar-refractivity contribution in [3.8, 4) is 0 Å². The Balaban J connectivity index is 3.45. The summed E-state index contributed by atoms with van der Waals surface area (Å²) in [7, 11) is 0. The van der Waals surface area contributed by atoms with Gasteiger partial charge in [0.05, 0.1) is 6.42 Å². The lowest BCUT2D eigenvalue weighted by Crippen LogP contribution is -2.16. The van der Waals surface area contributed by atoms with Crippen LogP contribution in [0.2, 0.25) is 0 Å². The van der Waals surface area contributed by atoms with E-state index in [2.05, 4.69) is 0 Å². The number of hydrogen-bond acceptors (Lipinski definition) is 2. The zero-order chi connectivity index (χ0) is 11.2. The molecule has 0 bridgehead atoms. The summed E-state index contributed by atoms with van der Waals surface area (Å²) >= 11 is 1.00. The molecule has 0 heterocycles. The zero-order valence-electron chi connectivity index (χ0n) is 7.73. The van der Waals surface area contributed by atoms with E-state index in [-0.39, 0.29) is 11.5 Å². The number of rotatable bonds is 5. The van der Waals surface area contributed by atoms with Crippen LogP contribution in [0, 0.1) is 0 Å². The van der Waals surface area contributed by atoms with Gasteiger partial charge in [-0.3, -0.25) is 4.79 Å². The topological polar surface area (TPSA) is 17.1 Å². The van der Waals surface area contributed by atoms with Crippen molar-refractivity contribution in [1.29, 1.82) is 0 Å². The Kier molecular flexibility index (Phi) is 6.15. The SMILES string of the molecule is CC(=O)SCCCC(F)CC(F)(F)F. The van der Waals surface area contributed by atoms with Crippen molar-refractivity contribution in [2.75, 3.05) is 5.75 Å². The van der Waals surface area contributed by atoms with Crippen molar-refractivity contribution in [3.63, 3.8) is 0 Å². The molecule has 0 radical (unpaired) electrons. The monoisotopic (exact) mass is 232 g/mol. The van der Waals surface area contributed by atoms with Crippen LogP contribution >= 0.6 is 11.8 Å². The lowest BCUT2D eigenvalue weighted by molar-refractivity contribution is -0.146. The number of thioether (sulfide) groups is 1. The maximum Gasteiger partial charge on any atom is 0.391 e. The van der Waals surface area contributed by atoms with E-state index in [0.29, 0.717) is 12.2 Å². The van der Waals surface area contributed by atoms with Crippen molar-refractivity contribution in [1.82, 2.24) is 0 Å². The van der Waals surface area contributed by atoms with Gasteiger partial charge in [-0.2, -0.15) is 13.2 Å². The lowest BCUT2D eigenvalue weighted by Gasteiger charge is -2.10. The first kappa shape index (κ1) is 13.7. The molecule has 1 atom stereocenters. The number of alkyl halides is 4. The predicted octanol–water partition coefficient (Wildman–Crippen LogP) is 3.34. The molecule has 84 valence electrons. The molecule has 14 heavy (non-hydrogen) atoms. The Bertz CT molecular complexity index is 181. The quantitative estimate of drug-likeness (QED) is 0.534. The van der Waals surface area contributed by atoms with Gasteiger partial charge in [0, 0.05) is 12.7 Å². The second-order valence-corrected chi connectivity index (χ2v) is 4.17. The van der Waals surface area contributed by atoms with E-state index in [9.17, 15) is 22.4 Å². The van der Waals surface area contributed by atoms with Gasteiger partial charge in [0.25, 0.3) is 0 Å². The largest absolute Gasteiger partial charge is 0.391 e. The molecule has 0 rings (SSSR count). The van der Waals surface area contributed by atoms with Gasteiger partial charge in [0.15, 0.2) is 5.12 Å². The minimum Gasteiger partial charge on any atom is -0.288 e. The van der Waals surface area contributed by atoms with Crippen LogP contribution in [0.15, 0.2) is 0 Å². The first-order valence-corrected chi connectivity index (χ1v) is 5.14. The molecule has 0 N–H and O–H groups in total. The fourth-order valence-corrected chi connectivity index (χ4v) is 1.47. The molecule has 0 saturated carbocycles. The van der Waals surface area contributed by atoms with E-state index in [1.807, 2.05) is 0 Å². The van der Waals surface area contributed by atoms with Crippen molar-refractivity contribution in [2.24, 2.45) is 0 Å². The Morgan fingerprint density at radius 2 is 2.00 bits per heavy atom. The lowest BCUT2D eigenvalue weighted by atomic mass is 10.2. The fraction of sp³-hybridized carbons (Fsp3) is 0.875. The highest BCUT2D eigenvalue weighted by Gasteiger charge is 2.31. The molecule has 0 aromatic carbocycles. The molecule has 0 aliphatic heterocycles. The fourth-order valence-electron chi connectivity index (χ4n) is 0.874. The summed E-state index contributed by atoms with van der Waals surface area (Å²) in [6, 6.07) is 0. The van der Waals surface area contributed by atoms with E-state index < -0.39 is 18.8 Å². The van der Waals surface area contributed by atoms with Crippen molar-refractivity contribution in [3.05, 3.63) is 0 Å². The second kappa shape index (κ2) is 6.27. The summed E-state index contributed by atoms with van der Waals surface area (Å²) in [5.74, 6) is 0.383. The summed E-state index contributed by atoms with van der Waals surface area (Å²) in [4.78, 5) is 10.4. The van der Waals surface area contributed by atoms with Gasteiger partial charge >= 0.3 is 6.18 Å². The van der Waals surface area contributed by atoms with E-state index in [1.165, 1.54) is 6.92 Å². The average Bonchev–Trinajstić information content (AvgIpc) is 1.94. The van der Waals surface area contributed by atoms with Crippen molar-refractivity contribution < 1.29 is 22.4 Å². The standard InChI is InChI=1S/C8H12F4OS/c1-6(13)14-4-2-3-7(9)5-8(10,11)12/h7H,2-5H2,1H3. The predicted molar refractivity (Wildman–Crippen MR) is 47.9 cm³/mol. The molecule has 0 aliphatic rings. The highest BCUT2D eigenvalue weighted by atomic mass is 32.2. The third-order valence-electron chi connectivity index (χ3n) is 1.42. The molecular formula is C8H12F4OS. The number of hydrogen-bond donors (Lipinski definition) is 0. The third-order valence-corrected chi connectivity index (χ3v) is 2.32. The molecule has 0 aromatic heterocycles. The summed E-state index contributed by atoms with van der Waals surface area (Å²) in [6.07, 6.45) is -7.52. The van der Waals surface area contributed by atoms with Crippen molar-refractivity contribution >= 4 is 16.9 Å². The van der Waals surface area contributed by atoms with Crippen molar-refractivity contribution in [2.45, 2.75) is 38.5 Å². The van der Waals surface area contributed by atoms with E-state index in [4.69, 9.17) is 0 Å². The number of carbonyl (C=O) groups is 1. The molecule has 0 aromatic rings. The Morgan fingerprint density at radius 1 is 1.43 bits per heavy atom. The maximum absolute atomic E-state index is 12.6. The molecule has 1 nitrogen and oxygen atoms in total. The van der Waals surface area contributed by atoms with Gasteiger partial charge in [0.2, 0.25) is 0 Å². The summed E-state index contributed by atoms with van der Waals surface area (Å²) < 4.78 is 47.5. The summed E-state index contributed by atoms with van der Waals surface area (Å²) in [5.41, 5.74) is 0. The van der Waals surface area contributed by atoms with Gasteiger partial charge in [-0.05, 0) is 12.8 Å². The van der Waals surface area contributed by atoms with Gasteiger partial charge < -0.3 is 0 Å². The average molecular weight is 232 g/mol. The molecule has 0 amide bonds. The van der Waals surface area contributed by atoms with Crippen LogP contribution in [-0.4, -0.2) is 23.2 Å². The van der Waals surface area contributed by atoms with Gasteiger partial charge in [-0.1, -0.05) is 11.8 Å². The van der Waals surface area contributed by atoms with Gasteiger partial charge in [-0.15, -0.1) is 0 Å². The molecule has 0 fully saturated rings. The summed E-state index contributed by atoms with van der Waals surface area (Å²) in [5, 5.41) is -0.101. The van der Waals surface area contributed by atoms with Crippen LogP contribution in [-0.2, 0) is 4.79 Å². The maximum atomic E-state index is 12.6. The number of carbonyl (C=O) groups excluding carboxylic acids is 1. The normalized spacial score (nSPS) is 14.1. The molecule has 0 saturated heterocycles. The van der Waals surface area contributed by atoms with Crippen LogP contribution in [0.25, 0.3) is 0 Å². The van der Waals surface area contributed by atoms with E-state index in [0.717, 1.165) is 11.8 Å². The van der Waals surface area contributed by atoms with E-state index >= 15 is 0 Å². The second-order valence-electron chi connectivity index (χ2n) is 2.90. The molecule has 1 unspecified atom stereocenters. The van der Waals surface area contributed by atoms with Crippen LogP contribution in [0.1, 0.15) is 26.2 Å². The van der Waals surface area contributed by atoms with Crippen LogP contribution < -0.4 is 0 Å². The Hall–Kier alpha value is -0.260. The third kappa shape index (κ3) is 9.83. The summed E-state index contributed by atoms with van der Waals surface area (Å²) in [6.45, 7) is 1.37. The zero-order valence-corrected chi connectivity index (χ0v) is 8.55. The molecule has 0 aliphatic carbocycles.